The van der Waals surface area contributed by atoms with Gasteiger partial charge in [-0.2, -0.15) is 0 Å². The van der Waals surface area contributed by atoms with Crippen LogP contribution in [0.5, 0.6) is 0 Å². The smallest absolute Gasteiger partial charge is 0.241 e. The van der Waals surface area contributed by atoms with E-state index >= 15 is 0 Å². The Labute approximate surface area is 113 Å². The number of thiophene rings is 1. The molecule has 0 aromatic carbocycles. The van der Waals surface area contributed by atoms with Crippen LogP contribution in [0.25, 0.3) is 10.7 Å². The molecular weight excluding hydrogens is 268 g/mol. The third-order valence-electron chi connectivity index (χ3n) is 2.72. The molecule has 18 heavy (non-hydrogen) atoms. The Morgan fingerprint density at radius 3 is 3.11 bits per heavy atom. The van der Waals surface area contributed by atoms with E-state index in [9.17, 15) is 4.79 Å². The van der Waals surface area contributed by atoms with Crippen molar-refractivity contribution in [3.05, 3.63) is 17.5 Å². The molecule has 5 nitrogen and oxygen atoms in total. The van der Waals surface area contributed by atoms with Crippen LogP contribution in [0, 0.1) is 0 Å². The number of hydrogen-bond acceptors (Lipinski definition) is 5. The summed E-state index contributed by atoms with van der Waals surface area (Å²) in [6.07, 6.45) is 0.492. The summed E-state index contributed by atoms with van der Waals surface area (Å²) in [5.41, 5.74) is 0. The highest BCUT2D eigenvalue weighted by Crippen LogP contribution is 2.29. The summed E-state index contributed by atoms with van der Waals surface area (Å²) < 4.78 is 1.85. The van der Waals surface area contributed by atoms with Crippen LogP contribution in [0.3, 0.4) is 0 Å². The average molecular weight is 280 g/mol. The van der Waals surface area contributed by atoms with Gasteiger partial charge in [-0.1, -0.05) is 24.8 Å². The first-order valence-electron chi connectivity index (χ1n) is 5.74. The number of carbonyl (C=O) groups excluding carboxylic acids is 1. The lowest BCUT2D eigenvalue weighted by atomic mass is 10.4. The molecular formula is C11H12N4OS2. The van der Waals surface area contributed by atoms with Crippen molar-refractivity contribution in [2.45, 2.75) is 18.5 Å². The second kappa shape index (κ2) is 4.74. The van der Waals surface area contributed by atoms with Gasteiger partial charge in [0.1, 0.15) is 0 Å². The highest BCUT2D eigenvalue weighted by molar-refractivity contribution is 7.99. The summed E-state index contributed by atoms with van der Waals surface area (Å²) >= 11 is 3.24. The highest BCUT2D eigenvalue weighted by Gasteiger charge is 2.27. The summed E-state index contributed by atoms with van der Waals surface area (Å²) in [6.45, 7) is 2.58. The number of carbonyl (C=O) groups is 1. The van der Waals surface area contributed by atoms with Crippen molar-refractivity contribution >= 4 is 29.0 Å². The maximum atomic E-state index is 12.0. The van der Waals surface area contributed by atoms with Crippen LogP contribution in [-0.2, 0) is 4.79 Å². The Kier molecular flexibility index (Phi) is 3.09. The molecule has 0 fully saturated rings. The van der Waals surface area contributed by atoms with Gasteiger partial charge < -0.3 is 0 Å². The fourth-order valence-corrected chi connectivity index (χ4v) is 3.42. The van der Waals surface area contributed by atoms with Crippen molar-refractivity contribution in [3.63, 3.8) is 0 Å². The first-order chi connectivity index (χ1) is 8.81. The first kappa shape index (κ1) is 11.7. The number of fused-ring (bicyclic) bond motifs is 1. The zero-order valence-corrected chi connectivity index (χ0v) is 11.5. The standard InChI is InChI=1S/C11H12N4OS2/c1-2-9(16)14-5-7-18-11-13-12-10(15(11)14)8-4-3-6-17-8/h3-4,6H,2,5,7H2,1H3. The van der Waals surface area contributed by atoms with Gasteiger partial charge in [0.25, 0.3) is 0 Å². The van der Waals surface area contributed by atoms with Gasteiger partial charge in [0.15, 0.2) is 5.82 Å². The maximum absolute atomic E-state index is 12.0. The lowest BCUT2D eigenvalue weighted by Gasteiger charge is -2.28. The minimum atomic E-state index is 0.106. The molecule has 0 unspecified atom stereocenters. The van der Waals surface area contributed by atoms with Gasteiger partial charge in [0.05, 0.1) is 11.4 Å². The van der Waals surface area contributed by atoms with Crippen molar-refractivity contribution in [1.82, 2.24) is 14.9 Å². The van der Waals surface area contributed by atoms with E-state index in [0.29, 0.717) is 13.0 Å². The molecule has 0 radical (unpaired) electrons. The predicted molar refractivity (Wildman–Crippen MR) is 72.4 cm³/mol. The normalized spacial score (nSPS) is 14.6. The van der Waals surface area contributed by atoms with Gasteiger partial charge in [-0.25, -0.2) is 9.69 Å². The first-order valence-corrected chi connectivity index (χ1v) is 7.60. The largest absolute Gasteiger partial charge is 0.273 e. The average Bonchev–Trinajstić information content (AvgIpc) is 3.05. The van der Waals surface area contributed by atoms with Gasteiger partial charge in [-0.3, -0.25) is 4.79 Å². The maximum Gasteiger partial charge on any atom is 0.241 e. The molecule has 0 saturated heterocycles. The predicted octanol–water partition coefficient (Wildman–Crippen LogP) is 1.99. The summed E-state index contributed by atoms with van der Waals surface area (Å²) in [6, 6.07) is 3.97. The van der Waals surface area contributed by atoms with Gasteiger partial charge in [0, 0.05) is 12.2 Å². The van der Waals surface area contributed by atoms with Crippen LogP contribution in [0.4, 0.5) is 0 Å². The van der Waals surface area contributed by atoms with Crippen LogP contribution in [0.15, 0.2) is 22.7 Å². The van der Waals surface area contributed by atoms with E-state index < -0.39 is 0 Å². The van der Waals surface area contributed by atoms with Gasteiger partial charge in [-0.05, 0) is 11.4 Å². The fourth-order valence-electron chi connectivity index (χ4n) is 1.87. The molecule has 0 saturated carbocycles. The molecule has 3 rings (SSSR count). The Hall–Kier alpha value is -1.34. The fraction of sp³-hybridized carbons (Fsp3) is 0.364. The van der Waals surface area contributed by atoms with Crippen LogP contribution in [0.1, 0.15) is 13.3 Å². The highest BCUT2D eigenvalue weighted by atomic mass is 32.2. The minimum absolute atomic E-state index is 0.106. The van der Waals surface area contributed by atoms with Gasteiger partial charge in [-0.15, -0.1) is 21.5 Å². The summed E-state index contributed by atoms with van der Waals surface area (Å²) in [5, 5.41) is 12.9. The van der Waals surface area contributed by atoms with Crippen LogP contribution in [-0.4, -0.2) is 33.1 Å². The molecule has 1 amide bonds. The Morgan fingerprint density at radius 2 is 2.39 bits per heavy atom. The molecule has 94 valence electrons. The molecule has 0 spiro atoms. The monoisotopic (exact) mass is 280 g/mol. The van der Waals surface area contributed by atoms with Crippen molar-refractivity contribution in [3.8, 4) is 10.7 Å². The molecule has 0 atom stereocenters. The van der Waals surface area contributed by atoms with E-state index in [1.54, 1.807) is 28.1 Å². The van der Waals surface area contributed by atoms with Crippen LogP contribution in [0.2, 0.25) is 0 Å². The third-order valence-corrected chi connectivity index (χ3v) is 4.48. The van der Waals surface area contributed by atoms with Crippen LogP contribution >= 0.6 is 23.1 Å². The molecule has 1 aliphatic rings. The summed E-state index contributed by atoms with van der Waals surface area (Å²) in [7, 11) is 0. The Bertz CT molecular complexity index is 564. The Morgan fingerprint density at radius 1 is 1.50 bits per heavy atom. The molecule has 3 heterocycles. The van der Waals surface area contributed by atoms with Crippen molar-refractivity contribution in [2.75, 3.05) is 17.3 Å². The molecule has 2 aromatic heterocycles. The molecule has 0 bridgehead atoms. The van der Waals surface area contributed by atoms with E-state index in [4.69, 9.17) is 0 Å². The molecule has 1 aliphatic heterocycles. The van der Waals surface area contributed by atoms with Crippen molar-refractivity contribution < 1.29 is 4.79 Å². The lowest BCUT2D eigenvalue weighted by Crippen LogP contribution is -2.44. The number of rotatable bonds is 2. The molecule has 0 N–H and O–H groups in total. The zero-order valence-electron chi connectivity index (χ0n) is 9.87. The van der Waals surface area contributed by atoms with Crippen LogP contribution < -0.4 is 5.01 Å². The number of hydrogen-bond donors (Lipinski definition) is 0. The number of aromatic nitrogens is 3. The van der Waals surface area contributed by atoms with Gasteiger partial charge in [0.2, 0.25) is 11.1 Å². The molecule has 7 heteroatoms. The second-order valence-electron chi connectivity index (χ2n) is 3.81. The van der Waals surface area contributed by atoms with E-state index in [2.05, 4.69) is 10.2 Å². The summed E-state index contributed by atoms with van der Waals surface area (Å²) in [4.78, 5) is 13.0. The second-order valence-corrected chi connectivity index (χ2v) is 5.82. The SMILES string of the molecule is CCC(=O)N1CCSc2nnc(-c3cccs3)n21. The molecule has 0 aliphatic carbocycles. The van der Waals surface area contributed by atoms with E-state index in [-0.39, 0.29) is 5.91 Å². The van der Waals surface area contributed by atoms with E-state index in [1.165, 1.54) is 0 Å². The van der Waals surface area contributed by atoms with Crippen molar-refractivity contribution in [2.24, 2.45) is 0 Å². The van der Waals surface area contributed by atoms with Crippen molar-refractivity contribution in [1.29, 1.82) is 0 Å². The number of thioether (sulfide) groups is 1. The minimum Gasteiger partial charge on any atom is -0.273 e. The Balaban J connectivity index is 2.09. The zero-order chi connectivity index (χ0) is 12.5. The molecule has 2 aromatic rings. The van der Waals surface area contributed by atoms with E-state index in [0.717, 1.165) is 21.6 Å². The number of nitrogens with zero attached hydrogens (tertiary/aromatic N) is 4. The lowest BCUT2D eigenvalue weighted by molar-refractivity contribution is -0.119. The quantitative estimate of drug-likeness (QED) is 0.844. The van der Waals surface area contributed by atoms with E-state index in [1.807, 2.05) is 29.1 Å². The summed E-state index contributed by atoms with van der Waals surface area (Å²) in [5.74, 6) is 1.73. The number of amides is 1. The topological polar surface area (TPSA) is 51.0 Å². The van der Waals surface area contributed by atoms with Gasteiger partial charge >= 0.3 is 0 Å². The third kappa shape index (κ3) is 1.83.